The molecule has 0 N–H and O–H groups in total. The number of para-hydroxylation sites is 3. The minimum absolute atomic E-state index is 0.516. The fraction of sp³-hybridized carbons (Fsp3) is 0.208. The Kier molecular flexibility index (Phi) is 5.75. The van der Waals surface area contributed by atoms with Crippen LogP contribution in [0.15, 0.2) is 66.7 Å². The highest BCUT2D eigenvalue weighted by molar-refractivity contribution is 5.81. The van der Waals surface area contributed by atoms with Gasteiger partial charge in [-0.2, -0.15) is 0 Å². The first-order valence-electron chi connectivity index (χ1n) is 9.68. The van der Waals surface area contributed by atoms with E-state index in [0.29, 0.717) is 30.4 Å². The molecule has 1 aromatic heterocycles. The van der Waals surface area contributed by atoms with E-state index in [4.69, 9.17) is 23.9 Å². The zero-order chi connectivity index (χ0) is 20.9. The predicted molar refractivity (Wildman–Crippen MR) is 117 cm³/mol. The van der Waals surface area contributed by atoms with Crippen molar-refractivity contribution in [1.82, 2.24) is 9.55 Å². The summed E-state index contributed by atoms with van der Waals surface area (Å²) in [6.45, 7) is 1.16. The van der Waals surface area contributed by atoms with E-state index in [2.05, 4.69) is 10.6 Å². The lowest BCUT2D eigenvalue weighted by Gasteiger charge is -2.15. The van der Waals surface area contributed by atoms with E-state index >= 15 is 0 Å². The quantitative estimate of drug-likeness (QED) is 0.422. The Bertz CT molecular complexity index is 1110. The number of rotatable bonds is 8. The molecule has 0 bridgehead atoms. The van der Waals surface area contributed by atoms with Crippen LogP contribution in [0.25, 0.3) is 22.4 Å². The van der Waals surface area contributed by atoms with Crippen LogP contribution in [0.1, 0.15) is 0 Å². The Morgan fingerprint density at radius 1 is 0.800 bits per heavy atom. The zero-order valence-corrected chi connectivity index (χ0v) is 17.3. The van der Waals surface area contributed by atoms with Gasteiger partial charge in [-0.15, -0.1) is 0 Å². The van der Waals surface area contributed by atoms with Gasteiger partial charge in [0, 0.05) is 5.56 Å². The van der Waals surface area contributed by atoms with E-state index in [1.54, 1.807) is 21.3 Å². The van der Waals surface area contributed by atoms with Gasteiger partial charge in [0.15, 0.2) is 11.5 Å². The Labute approximate surface area is 175 Å². The van der Waals surface area contributed by atoms with Crippen molar-refractivity contribution in [2.45, 2.75) is 6.54 Å². The highest BCUT2D eigenvalue weighted by Gasteiger charge is 2.18. The molecule has 154 valence electrons. The van der Waals surface area contributed by atoms with E-state index < -0.39 is 0 Å². The van der Waals surface area contributed by atoms with Crippen molar-refractivity contribution in [2.24, 2.45) is 0 Å². The smallest absolute Gasteiger partial charge is 0.203 e. The molecule has 30 heavy (non-hydrogen) atoms. The number of nitrogens with zero attached hydrogens (tertiary/aromatic N) is 2. The minimum Gasteiger partial charge on any atom is -0.493 e. The highest BCUT2D eigenvalue weighted by atomic mass is 16.5. The number of imidazole rings is 1. The second-order valence-electron chi connectivity index (χ2n) is 6.65. The molecule has 0 atom stereocenters. The molecular formula is C24H24N2O4. The van der Waals surface area contributed by atoms with Crippen molar-refractivity contribution in [1.29, 1.82) is 0 Å². The molecule has 0 spiro atoms. The summed E-state index contributed by atoms with van der Waals surface area (Å²) in [5.41, 5.74) is 2.83. The third-order valence-corrected chi connectivity index (χ3v) is 4.90. The third-order valence-electron chi connectivity index (χ3n) is 4.90. The summed E-state index contributed by atoms with van der Waals surface area (Å²) in [5, 5.41) is 0. The van der Waals surface area contributed by atoms with E-state index in [1.807, 2.05) is 60.7 Å². The van der Waals surface area contributed by atoms with Crippen LogP contribution in [0.5, 0.6) is 23.0 Å². The zero-order valence-electron chi connectivity index (χ0n) is 17.3. The number of benzene rings is 3. The van der Waals surface area contributed by atoms with Crippen LogP contribution < -0.4 is 18.9 Å². The Morgan fingerprint density at radius 2 is 1.47 bits per heavy atom. The minimum atomic E-state index is 0.516. The second kappa shape index (κ2) is 8.78. The van der Waals surface area contributed by atoms with Gasteiger partial charge in [0.1, 0.15) is 18.2 Å². The van der Waals surface area contributed by atoms with Crippen molar-refractivity contribution in [3.05, 3.63) is 66.7 Å². The normalized spacial score (nSPS) is 10.8. The van der Waals surface area contributed by atoms with Gasteiger partial charge in [0.2, 0.25) is 5.75 Å². The van der Waals surface area contributed by atoms with Gasteiger partial charge in [0.05, 0.1) is 38.9 Å². The summed E-state index contributed by atoms with van der Waals surface area (Å²) in [6, 6.07) is 21.7. The van der Waals surface area contributed by atoms with Crippen LogP contribution in [0.2, 0.25) is 0 Å². The van der Waals surface area contributed by atoms with Gasteiger partial charge in [0.25, 0.3) is 0 Å². The van der Waals surface area contributed by atoms with Crippen molar-refractivity contribution < 1.29 is 18.9 Å². The van der Waals surface area contributed by atoms with Crippen LogP contribution >= 0.6 is 0 Å². The molecule has 4 aromatic rings. The molecule has 3 aromatic carbocycles. The average Bonchev–Trinajstić information content (AvgIpc) is 3.17. The number of aromatic nitrogens is 2. The first-order chi connectivity index (χ1) is 14.7. The summed E-state index contributed by atoms with van der Waals surface area (Å²) in [5.74, 6) is 3.39. The lowest BCUT2D eigenvalue weighted by molar-refractivity contribution is 0.301. The number of ether oxygens (including phenoxy) is 4. The maximum atomic E-state index is 5.93. The van der Waals surface area contributed by atoms with Gasteiger partial charge >= 0.3 is 0 Å². The van der Waals surface area contributed by atoms with Crippen LogP contribution in [0.3, 0.4) is 0 Å². The Balaban J connectivity index is 1.74. The molecule has 6 nitrogen and oxygen atoms in total. The number of fused-ring (bicyclic) bond motifs is 1. The van der Waals surface area contributed by atoms with Crippen molar-refractivity contribution in [3.8, 4) is 34.4 Å². The monoisotopic (exact) mass is 404 g/mol. The highest BCUT2D eigenvalue weighted by Crippen LogP contribution is 2.41. The van der Waals surface area contributed by atoms with E-state index in [0.717, 1.165) is 28.2 Å². The second-order valence-corrected chi connectivity index (χ2v) is 6.65. The lowest BCUT2D eigenvalue weighted by Crippen LogP contribution is -2.09. The van der Waals surface area contributed by atoms with Crippen LogP contribution in [0.4, 0.5) is 0 Å². The maximum absolute atomic E-state index is 5.93. The SMILES string of the molecule is COc1cc(-c2nc3ccccc3n2CCOc2ccccc2)cc(OC)c1OC. The standard InChI is InChI=1S/C24H24N2O4/c1-27-21-15-17(16-22(28-2)23(21)29-3)24-25-19-11-7-8-12-20(19)26(24)13-14-30-18-9-5-4-6-10-18/h4-12,15-16H,13-14H2,1-3H3. The molecule has 0 aliphatic carbocycles. The number of hydrogen-bond donors (Lipinski definition) is 0. The van der Waals surface area contributed by atoms with Crippen molar-refractivity contribution in [2.75, 3.05) is 27.9 Å². The van der Waals surface area contributed by atoms with E-state index in [1.165, 1.54) is 0 Å². The van der Waals surface area contributed by atoms with Gasteiger partial charge in [-0.1, -0.05) is 30.3 Å². The van der Waals surface area contributed by atoms with Crippen LogP contribution in [-0.2, 0) is 6.54 Å². The first kappa shape index (κ1) is 19.6. The van der Waals surface area contributed by atoms with Gasteiger partial charge < -0.3 is 23.5 Å². The molecule has 4 rings (SSSR count). The third kappa shape index (κ3) is 3.76. The molecule has 0 saturated heterocycles. The molecule has 0 amide bonds. The molecule has 0 fully saturated rings. The maximum Gasteiger partial charge on any atom is 0.203 e. The first-order valence-corrected chi connectivity index (χ1v) is 9.68. The molecule has 6 heteroatoms. The predicted octanol–water partition coefficient (Wildman–Crippen LogP) is 4.81. The van der Waals surface area contributed by atoms with E-state index in [9.17, 15) is 0 Å². The fourth-order valence-electron chi connectivity index (χ4n) is 3.50. The molecular weight excluding hydrogens is 380 g/mol. The molecule has 0 saturated carbocycles. The number of hydrogen-bond acceptors (Lipinski definition) is 5. The molecule has 0 unspecified atom stereocenters. The average molecular weight is 404 g/mol. The lowest BCUT2D eigenvalue weighted by atomic mass is 10.1. The summed E-state index contributed by atoms with van der Waals surface area (Å²) in [7, 11) is 4.81. The topological polar surface area (TPSA) is 54.7 Å². The summed E-state index contributed by atoms with van der Waals surface area (Å²) in [6.07, 6.45) is 0. The Hall–Kier alpha value is -3.67. The van der Waals surface area contributed by atoms with Crippen molar-refractivity contribution in [3.63, 3.8) is 0 Å². The largest absolute Gasteiger partial charge is 0.493 e. The Morgan fingerprint density at radius 3 is 2.13 bits per heavy atom. The van der Waals surface area contributed by atoms with Gasteiger partial charge in [-0.05, 0) is 36.4 Å². The molecule has 0 aliphatic rings. The molecule has 0 radical (unpaired) electrons. The summed E-state index contributed by atoms with van der Waals surface area (Å²) >= 11 is 0. The fourth-order valence-corrected chi connectivity index (χ4v) is 3.50. The van der Waals surface area contributed by atoms with E-state index in [-0.39, 0.29) is 0 Å². The summed E-state index contributed by atoms with van der Waals surface area (Å²) < 4.78 is 24.6. The molecule has 0 aliphatic heterocycles. The van der Waals surface area contributed by atoms with Crippen molar-refractivity contribution >= 4 is 11.0 Å². The van der Waals surface area contributed by atoms with Gasteiger partial charge in [-0.3, -0.25) is 0 Å². The number of methoxy groups -OCH3 is 3. The summed E-state index contributed by atoms with van der Waals surface area (Å²) in [4.78, 5) is 4.87. The molecule has 1 heterocycles. The van der Waals surface area contributed by atoms with Crippen LogP contribution in [-0.4, -0.2) is 37.5 Å². The van der Waals surface area contributed by atoms with Gasteiger partial charge in [-0.25, -0.2) is 4.98 Å². The van der Waals surface area contributed by atoms with Crippen LogP contribution in [0, 0.1) is 0 Å².